The minimum Gasteiger partial charge on any atom is -0.363 e. The molecule has 6 heteroatoms. The second-order valence-electron chi connectivity index (χ2n) is 7.25. The SMILES string of the molecule is CN(C)c1ccnc(NC2CCC(CNCc3ccc(Cl)cc3)CC2)n1. The molecule has 0 bridgehead atoms. The van der Waals surface area contributed by atoms with Crippen LogP contribution in [0, 0.1) is 5.92 Å². The molecule has 1 aliphatic carbocycles. The van der Waals surface area contributed by atoms with Crippen LogP contribution in [0.5, 0.6) is 0 Å². The molecule has 0 radical (unpaired) electrons. The highest BCUT2D eigenvalue weighted by atomic mass is 35.5. The van der Waals surface area contributed by atoms with E-state index < -0.39 is 0 Å². The van der Waals surface area contributed by atoms with Gasteiger partial charge in [0.2, 0.25) is 5.95 Å². The van der Waals surface area contributed by atoms with Crippen molar-refractivity contribution in [3.8, 4) is 0 Å². The zero-order valence-electron chi connectivity index (χ0n) is 15.6. The molecule has 0 aliphatic heterocycles. The molecule has 0 atom stereocenters. The molecule has 0 spiro atoms. The Kier molecular flexibility index (Phi) is 6.69. The van der Waals surface area contributed by atoms with Gasteiger partial charge in [-0.25, -0.2) is 4.98 Å². The summed E-state index contributed by atoms with van der Waals surface area (Å²) in [5.41, 5.74) is 1.28. The van der Waals surface area contributed by atoms with Gasteiger partial charge in [0.05, 0.1) is 0 Å². The first-order valence-corrected chi connectivity index (χ1v) is 9.70. The molecule has 1 heterocycles. The molecule has 26 heavy (non-hydrogen) atoms. The first-order valence-electron chi connectivity index (χ1n) is 9.32. The van der Waals surface area contributed by atoms with Gasteiger partial charge in [0.1, 0.15) is 5.82 Å². The minimum atomic E-state index is 0.472. The van der Waals surface area contributed by atoms with E-state index in [1.807, 2.05) is 43.4 Å². The molecular formula is C20H28ClN5. The van der Waals surface area contributed by atoms with Gasteiger partial charge in [-0.2, -0.15) is 4.98 Å². The first kappa shape index (κ1) is 18.9. The van der Waals surface area contributed by atoms with E-state index in [4.69, 9.17) is 11.6 Å². The van der Waals surface area contributed by atoms with Crippen molar-refractivity contribution in [1.29, 1.82) is 0 Å². The molecule has 0 unspecified atom stereocenters. The maximum Gasteiger partial charge on any atom is 0.224 e. The lowest BCUT2D eigenvalue weighted by molar-refractivity contribution is 0.324. The fourth-order valence-corrected chi connectivity index (χ4v) is 3.51. The van der Waals surface area contributed by atoms with Gasteiger partial charge in [-0.3, -0.25) is 0 Å². The third kappa shape index (κ3) is 5.58. The predicted molar refractivity (Wildman–Crippen MR) is 109 cm³/mol. The van der Waals surface area contributed by atoms with E-state index in [-0.39, 0.29) is 0 Å². The summed E-state index contributed by atoms with van der Waals surface area (Å²) in [6, 6.07) is 10.5. The van der Waals surface area contributed by atoms with Gasteiger partial charge in [-0.05, 0) is 61.9 Å². The van der Waals surface area contributed by atoms with Crippen molar-refractivity contribution in [1.82, 2.24) is 15.3 Å². The summed E-state index contributed by atoms with van der Waals surface area (Å²) in [7, 11) is 3.99. The van der Waals surface area contributed by atoms with Crippen molar-refractivity contribution in [2.45, 2.75) is 38.3 Å². The topological polar surface area (TPSA) is 53.1 Å². The Bertz CT molecular complexity index is 681. The van der Waals surface area contributed by atoms with E-state index in [0.717, 1.165) is 35.8 Å². The lowest BCUT2D eigenvalue weighted by Gasteiger charge is -2.29. The van der Waals surface area contributed by atoms with E-state index >= 15 is 0 Å². The molecule has 140 valence electrons. The van der Waals surface area contributed by atoms with Crippen molar-refractivity contribution in [2.75, 3.05) is 30.9 Å². The van der Waals surface area contributed by atoms with Crippen LogP contribution in [0.15, 0.2) is 36.5 Å². The second kappa shape index (κ2) is 9.19. The van der Waals surface area contributed by atoms with Crippen molar-refractivity contribution in [2.24, 2.45) is 5.92 Å². The Morgan fingerprint density at radius 2 is 1.81 bits per heavy atom. The van der Waals surface area contributed by atoms with Crippen LogP contribution in [0.2, 0.25) is 5.02 Å². The summed E-state index contributed by atoms with van der Waals surface area (Å²) in [5, 5.41) is 7.88. The molecule has 2 N–H and O–H groups in total. The minimum absolute atomic E-state index is 0.472. The summed E-state index contributed by atoms with van der Waals surface area (Å²) in [4.78, 5) is 10.9. The maximum absolute atomic E-state index is 5.93. The van der Waals surface area contributed by atoms with Gasteiger partial charge in [0.15, 0.2) is 0 Å². The fraction of sp³-hybridized carbons (Fsp3) is 0.500. The van der Waals surface area contributed by atoms with E-state index in [2.05, 4.69) is 32.7 Å². The summed E-state index contributed by atoms with van der Waals surface area (Å²) in [5.74, 6) is 2.41. The van der Waals surface area contributed by atoms with Crippen molar-refractivity contribution in [3.63, 3.8) is 0 Å². The number of anilines is 2. The summed E-state index contributed by atoms with van der Waals surface area (Å²) < 4.78 is 0. The van der Waals surface area contributed by atoms with Crippen molar-refractivity contribution < 1.29 is 0 Å². The van der Waals surface area contributed by atoms with E-state index in [1.54, 1.807) is 0 Å². The Hall–Kier alpha value is -1.85. The molecular weight excluding hydrogens is 346 g/mol. The van der Waals surface area contributed by atoms with E-state index in [0.29, 0.717) is 6.04 Å². The zero-order chi connectivity index (χ0) is 18.4. The van der Waals surface area contributed by atoms with E-state index in [9.17, 15) is 0 Å². The Balaban J connectivity index is 1.38. The zero-order valence-corrected chi connectivity index (χ0v) is 16.3. The number of aromatic nitrogens is 2. The van der Waals surface area contributed by atoms with Crippen LogP contribution >= 0.6 is 11.6 Å². The first-order chi connectivity index (χ1) is 12.6. The normalized spacial score (nSPS) is 20.0. The second-order valence-corrected chi connectivity index (χ2v) is 7.69. The highest BCUT2D eigenvalue weighted by Gasteiger charge is 2.21. The summed E-state index contributed by atoms with van der Waals surface area (Å²) >= 11 is 5.93. The van der Waals surface area contributed by atoms with Gasteiger partial charge in [-0.1, -0.05) is 23.7 Å². The Labute approximate surface area is 161 Å². The smallest absolute Gasteiger partial charge is 0.224 e. The third-order valence-electron chi connectivity index (χ3n) is 4.95. The molecule has 2 aromatic rings. The van der Waals surface area contributed by atoms with Crippen LogP contribution < -0.4 is 15.5 Å². The lowest BCUT2D eigenvalue weighted by Crippen LogP contribution is -2.31. The van der Waals surface area contributed by atoms with Crippen LogP contribution in [-0.4, -0.2) is 36.6 Å². The van der Waals surface area contributed by atoms with Crippen LogP contribution in [0.1, 0.15) is 31.2 Å². The van der Waals surface area contributed by atoms with Crippen molar-refractivity contribution >= 4 is 23.4 Å². The quantitative estimate of drug-likeness (QED) is 0.769. The van der Waals surface area contributed by atoms with Crippen molar-refractivity contribution in [3.05, 3.63) is 47.1 Å². The van der Waals surface area contributed by atoms with Crippen LogP contribution in [-0.2, 0) is 6.54 Å². The highest BCUT2D eigenvalue weighted by Crippen LogP contribution is 2.26. The average molecular weight is 374 g/mol. The van der Waals surface area contributed by atoms with Gasteiger partial charge in [0, 0.05) is 37.9 Å². The molecule has 1 aromatic heterocycles. The summed E-state index contributed by atoms with van der Waals surface area (Å²) in [6.45, 7) is 1.97. The number of rotatable bonds is 7. The standard InChI is InChI=1S/C20H28ClN5/c1-26(2)19-11-12-23-20(25-19)24-18-9-5-16(6-10-18)14-22-13-15-3-7-17(21)8-4-15/h3-4,7-8,11-12,16,18,22H,5-6,9-10,13-14H2,1-2H3,(H,23,24,25). The number of nitrogens with zero attached hydrogens (tertiary/aromatic N) is 3. The Morgan fingerprint density at radius 1 is 1.08 bits per heavy atom. The van der Waals surface area contributed by atoms with Gasteiger partial charge < -0.3 is 15.5 Å². The van der Waals surface area contributed by atoms with Gasteiger partial charge in [0.25, 0.3) is 0 Å². The highest BCUT2D eigenvalue weighted by molar-refractivity contribution is 6.30. The third-order valence-corrected chi connectivity index (χ3v) is 5.21. The number of halogens is 1. The number of nitrogens with one attached hydrogen (secondary N) is 2. The molecule has 1 saturated carbocycles. The van der Waals surface area contributed by atoms with Gasteiger partial charge in [-0.15, -0.1) is 0 Å². The number of benzene rings is 1. The van der Waals surface area contributed by atoms with Gasteiger partial charge >= 0.3 is 0 Å². The number of hydrogen-bond acceptors (Lipinski definition) is 5. The van der Waals surface area contributed by atoms with Crippen LogP contribution in [0.25, 0.3) is 0 Å². The monoisotopic (exact) mass is 373 g/mol. The van der Waals surface area contributed by atoms with E-state index in [1.165, 1.54) is 31.2 Å². The fourth-order valence-electron chi connectivity index (χ4n) is 3.38. The maximum atomic E-state index is 5.93. The van der Waals surface area contributed by atoms with Crippen LogP contribution in [0.4, 0.5) is 11.8 Å². The molecule has 0 amide bonds. The number of hydrogen-bond donors (Lipinski definition) is 2. The largest absolute Gasteiger partial charge is 0.363 e. The lowest BCUT2D eigenvalue weighted by atomic mass is 9.86. The molecule has 3 rings (SSSR count). The van der Waals surface area contributed by atoms with Crippen LogP contribution in [0.3, 0.4) is 0 Å². The molecule has 0 saturated heterocycles. The Morgan fingerprint density at radius 3 is 2.50 bits per heavy atom. The molecule has 5 nitrogen and oxygen atoms in total. The molecule has 1 aromatic carbocycles. The summed E-state index contributed by atoms with van der Waals surface area (Å²) in [6.07, 6.45) is 6.62. The predicted octanol–water partition coefficient (Wildman–Crippen LogP) is 3.96. The molecule has 1 fully saturated rings. The molecule has 1 aliphatic rings. The average Bonchev–Trinajstić information content (AvgIpc) is 2.65.